The quantitative estimate of drug-likeness (QED) is 0.487. The summed E-state index contributed by atoms with van der Waals surface area (Å²) in [5.41, 5.74) is 9.22. The van der Waals surface area contributed by atoms with E-state index in [4.69, 9.17) is 5.73 Å². The molecule has 0 saturated heterocycles. The summed E-state index contributed by atoms with van der Waals surface area (Å²) in [6.07, 6.45) is 2.79. The third-order valence-electron chi connectivity index (χ3n) is 3.26. The average Bonchev–Trinajstić information content (AvgIpc) is 2.30. The summed E-state index contributed by atoms with van der Waals surface area (Å²) in [5.74, 6) is 0.0334. The van der Waals surface area contributed by atoms with Crippen LogP contribution in [0.3, 0.4) is 0 Å². The second-order valence-corrected chi connectivity index (χ2v) is 4.76. The van der Waals surface area contributed by atoms with Crippen molar-refractivity contribution in [1.82, 2.24) is 0 Å². The van der Waals surface area contributed by atoms with Crippen molar-refractivity contribution < 1.29 is 4.79 Å². The Hall–Kier alpha value is -1.97. The highest BCUT2D eigenvalue weighted by Crippen LogP contribution is 2.36. The van der Waals surface area contributed by atoms with Gasteiger partial charge in [0.05, 0.1) is 17.1 Å². The monoisotopic (exact) mass is 245 g/mol. The molecule has 2 rings (SSSR count). The minimum atomic E-state index is 0.0334. The Kier molecular flexibility index (Phi) is 3.28. The van der Waals surface area contributed by atoms with Gasteiger partial charge in [-0.05, 0) is 25.5 Å². The number of ketones is 1. The molecule has 4 nitrogen and oxygen atoms in total. The van der Waals surface area contributed by atoms with Crippen LogP contribution in [0.5, 0.6) is 0 Å². The molecule has 0 radical (unpaired) electrons. The molecule has 1 aromatic rings. The average molecular weight is 245 g/mol. The molecule has 0 aromatic heterocycles. The highest BCUT2D eigenvalue weighted by atomic mass is 16.1. The minimum absolute atomic E-state index is 0.0334. The van der Waals surface area contributed by atoms with E-state index in [9.17, 15) is 4.79 Å². The lowest BCUT2D eigenvalue weighted by molar-refractivity contribution is 0.101. The van der Waals surface area contributed by atoms with E-state index in [0.29, 0.717) is 17.3 Å². The van der Waals surface area contributed by atoms with Gasteiger partial charge in [0.1, 0.15) is 0 Å². The smallest absolute Gasteiger partial charge is 0.159 e. The van der Waals surface area contributed by atoms with Crippen molar-refractivity contribution in [3.05, 3.63) is 30.4 Å². The number of carbonyl (C=O) groups excluding carboxylic acids is 1. The molecule has 0 unspecified atom stereocenters. The SMILES string of the molecule is C=CC[C@H]1CN(C)c2cc(C(C)=O)cc(N)c2N1. The second kappa shape index (κ2) is 4.72. The Bertz CT molecular complexity index is 496. The summed E-state index contributed by atoms with van der Waals surface area (Å²) < 4.78 is 0. The number of nitrogens with two attached hydrogens (primary N) is 1. The van der Waals surface area contributed by atoms with Crippen molar-refractivity contribution in [2.45, 2.75) is 19.4 Å². The van der Waals surface area contributed by atoms with Crippen LogP contribution in [0, 0.1) is 0 Å². The van der Waals surface area contributed by atoms with E-state index in [-0.39, 0.29) is 5.78 Å². The normalized spacial score (nSPS) is 17.9. The Morgan fingerprint density at radius 1 is 1.67 bits per heavy atom. The number of nitrogens with one attached hydrogen (secondary N) is 1. The third kappa shape index (κ3) is 2.18. The van der Waals surface area contributed by atoms with Crippen LogP contribution in [-0.2, 0) is 0 Å². The maximum Gasteiger partial charge on any atom is 0.159 e. The zero-order chi connectivity index (χ0) is 13.3. The lowest BCUT2D eigenvalue weighted by Gasteiger charge is -2.35. The molecule has 4 heteroatoms. The molecule has 96 valence electrons. The number of hydrogen-bond donors (Lipinski definition) is 2. The predicted molar refractivity (Wildman–Crippen MR) is 76.4 cm³/mol. The molecule has 0 bridgehead atoms. The molecule has 0 amide bonds. The van der Waals surface area contributed by atoms with Crippen molar-refractivity contribution in [1.29, 1.82) is 0 Å². The molecule has 0 aliphatic carbocycles. The molecule has 18 heavy (non-hydrogen) atoms. The van der Waals surface area contributed by atoms with E-state index in [1.807, 2.05) is 19.2 Å². The zero-order valence-corrected chi connectivity index (χ0v) is 10.9. The van der Waals surface area contributed by atoms with Crippen LogP contribution in [0.4, 0.5) is 17.1 Å². The maximum atomic E-state index is 11.4. The highest BCUT2D eigenvalue weighted by molar-refractivity contribution is 5.99. The lowest BCUT2D eigenvalue weighted by Crippen LogP contribution is -2.39. The van der Waals surface area contributed by atoms with Crippen molar-refractivity contribution in [3.8, 4) is 0 Å². The Labute approximate surface area is 107 Å². The molecule has 0 saturated carbocycles. The number of hydrogen-bond acceptors (Lipinski definition) is 4. The summed E-state index contributed by atoms with van der Waals surface area (Å²) in [4.78, 5) is 13.6. The summed E-state index contributed by atoms with van der Waals surface area (Å²) >= 11 is 0. The lowest BCUT2D eigenvalue weighted by atomic mass is 10.0. The van der Waals surface area contributed by atoms with Gasteiger partial charge in [0, 0.05) is 25.2 Å². The molecule has 1 atom stereocenters. The van der Waals surface area contributed by atoms with Crippen LogP contribution in [0.1, 0.15) is 23.7 Å². The zero-order valence-electron chi connectivity index (χ0n) is 10.9. The van der Waals surface area contributed by atoms with Gasteiger partial charge in [-0.25, -0.2) is 0 Å². The molecular weight excluding hydrogens is 226 g/mol. The van der Waals surface area contributed by atoms with Gasteiger partial charge in [0.2, 0.25) is 0 Å². The van der Waals surface area contributed by atoms with E-state index in [1.54, 1.807) is 13.0 Å². The van der Waals surface area contributed by atoms with E-state index in [0.717, 1.165) is 24.3 Å². The van der Waals surface area contributed by atoms with Crippen LogP contribution >= 0.6 is 0 Å². The van der Waals surface area contributed by atoms with Crippen LogP contribution in [-0.4, -0.2) is 25.4 Å². The standard InChI is InChI=1S/C14H19N3O/c1-4-5-11-8-17(3)13-7-10(9(2)18)6-12(15)14(13)16-11/h4,6-7,11,16H,1,5,8,15H2,2-3H3/t11-/m0/s1. The number of Topliss-reactive ketones (excluding diaryl/α,β-unsaturated/α-hetero) is 1. The van der Waals surface area contributed by atoms with Crippen molar-refractivity contribution in [2.24, 2.45) is 0 Å². The molecule has 0 spiro atoms. The Morgan fingerprint density at radius 2 is 2.39 bits per heavy atom. The fourth-order valence-corrected chi connectivity index (χ4v) is 2.32. The summed E-state index contributed by atoms with van der Waals surface area (Å²) in [6, 6.07) is 3.94. The number of anilines is 3. The maximum absolute atomic E-state index is 11.4. The molecule has 1 heterocycles. The third-order valence-corrected chi connectivity index (χ3v) is 3.26. The van der Waals surface area contributed by atoms with Crippen LogP contribution in [0.15, 0.2) is 24.8 Å². The number of nitrogens with zero attached hydrogens (tertiary/aromatic N) is 1. The van der Waals surface area contributed by atoms with Crippen LogP contribution in [0.2, 0.25) is 0 Å². The highest BCUT2D eigenvalue weighted by Gasteiger charge is 2.23. The number of fused-ring (bicyclic) bond motifs is 1. The van der Waals surface area contributed by atoms with E-state index >= 15 is 0 Å². The first-order chi connectivity index (χ1) is 8.52. The molecule has 3 N–H and O–H groups in total. The van der Waals surface area contributed by atoms with E-state index in [1.165, 1.54) is 0 Å². The summed E-state index contributed by atoms with van der Waals surface area (Å²) in [7, 11) is 2.01. The number of carbonyl (C=O) groups is 1. The largest absolute Gasteiger partial charge is 0.397 e. The number of likely N-dealkylation sites (N-methyl/N-ethyl adjacent to an activating group) is 1. The van der Waals surface area contributed by atoms with E-state index < -0.39 is 0 Å². The van der Waals surface area contributed by atoms with Gasteiger partial charge in [0.25, 0.3) is 0 Å². The van der Waals surface area contributed by atoms with Gasteiger partial charge < -0.3 is 16.0 Å². The number of benzene rings is 1. The fraction of sp³-hybridized carbons (Fsp3) is 0.357. The Morgan fingerprint density at radius 3 is 3.00 bits per heavy atom. The molecule has 1 aliphatic rings. The van der Waals surface area contributed by atoms with Gasteiger partial charge in [-0.2, -0.15) is 0 Å². The van der Waals surface area contributed by atoms with Crippen LogP contribution < -0.4 is 16.0 Å². The first-order valence-corrected chi connectivity index (χ1v) is 6.06. The van der Waals surface area contributed by atoms with Crippen LogP contribution in [0.25, 0.3) is 0 Å². The van der Waals surface area contributed by atoms with Crippen molar-refractivity contribution in [3.63, 3.8) is 0 Å². The first kappa shape index (κ1) is 12.5. The second-order valence-electron chi connectivity index (χ2n) is 4.76. The Balaban J connectivity index is 2.42. The molecular formula is C14H19N3O. The van der Waals surface area contributed by atoms with Gasteiger partial charge in [-0.1, -0.05) is 6.08 Å². The van der Waals surface area contributed by atoms with Crippen molar-refractivity contribution in [2.75, 3.05) is 29.5 Å². The van der Waals surface area contributed by atoms with E-state index in [2.05, 4.69) is 16.8 Å². The van der Waals surface area contributed by atoms with Gasteiger partial charge >= 0.3 is 0 Å². The predicted octanol–water partition coefficient (Wildman–Crippen LogP) is 2.28. The number of rotatable bonds is 3. The summed E-state index contributed by atoms with van der Waals surface area (Å²) in [6.45, 7) is 6.19. The summed E-state index contributed by atoms with van der Waals surface area (Å²) in [5, 5.41) is 3.41. The molecule has 1 aliphatic heterocycles. The topological polar surface area (TPSA) is 58.4 Å². The molecule has 0 fully saturated rings. The van der Waals surface area contributed by atoms with Gasteiger partial charge in [-0.15, -0.1) is 6.58 Å². The minimum Gasteiger partial charge on any atom is -0.397 e. The first-order valence-electron chi connectivity index (χ1n) is 6.06. The fourth-order valence-electron chi connectivity index (χ4n) is 2.32. The van der Waals surface area contributed by atoms with Gasteiger partial charge in [0.15, 0.2) is 5.78 Å². The molecule has 1 aromatic carbocycles. The van der Waals surface area contributed by atoms with Gasteiger partial charge in [-0.3, -0.25) is 4.79 Å². The van der Waals surface area contributed by atoms with Crippen molar-refractivity contribution >= 4 is 22.8 Å². The number of nitrogen functional groups attached to an aromatic ring is 1.